The Bertz CT molecular complexity index is 265. The fourth-order valence-corrected chi connectivity index (χ4v) is 2.92. The number of thiocarbonyl (C=S) groups is 1. The van der Waals surface area contributed by atoms with E-state index in [2.05, 4.69) is 12.2 Å². The lowest BCUT2D eigenvalue weighted by molar-refractivity contribution is -0.128. The van der Waals surface area contributed by atoms with Crippen LogP contribution in [0.3, 0.4) is 0 Å². The van der Waals surface area contributed by atoms with E-state index >= 15 is 0 Å². The van der Waals surface area contributed by atoms with Crippen LogP contribution in [0.4, 0.5) is 0 Å². The maximum Gasteiger partial charge on any atom is 0.233 e. The van der Waals surface area contributed by atoms with Crippen molar-refractivity contribution in [1.29, 1.82) is 0 Å². The Labute approximate surface area is 114 Å². The highest BCUT2D eigenvalue weighted by Gasteiger charge is 2.38. The molecule has 0 aromatic carbocycles. The highest BCUT2D eigenvalue weighted by atomic mass is 32.2. The SMILES string of the molecule is CCC(CSC)NC(=O)C(CC)(CC)C(N)=S. The summed E-state index contributed by atoms with van der Waals surface area (Å²) < 4.78 is 0. The Balaban J connectivity index is 4.79. The number of hydrogen-bond acceptors (Lipinski definition) is 3. The highest BCUT2D eigenvalue weighted by Crippen LogP contribution is 2.27. The molecule has 0 aliphatic rings. The molecule has 1 amide bonds. The average Bonchev–Trinajstić information content (AvgIpc) is 2.30. The standard InChI is InChI=1S/C12H24N2OS2/c1-5-9(8-17-4)14-11(15)12(6-2,7-3)10(13)16/h9H,5-8H2,1-4H3,(H2,13,16)(H,14,15). The van der Waals surface area contributed by atoms with Gasteiger partial charge < -0.3 is 11.1 Å². The fraction of sp³-hybridized carbons (Fsp3) is 0.833. The Hall–Kier alpha value is -0.290. The van der Waals surface area contributed by atoms with E-state index in [1.165, 1.54) is 0 Å². The highest BCUT2D eigenvalue weighted by molar-refractivity contribution is 7.98. The van der Waals surface area contributed by atoms with Gasteiger partial charge in [0.25, 0.3) is 0 Å². The third-order valence-electron chi connectivity index (χ3n) is 3.31. The summed E-state index contributed by atoms with van der Waals surface area (Å²) in [6.07, 6.45) is 4.27. The van der Waals surface area contributed by atoms with Crippen LogP contribution in [0.1, 0.15) is 40.0 Å². The zero-order valence-corrected chi connectivity index (χ0v) is 12.8. The predicted molar refractivity (Wildman–Crippen MR) is 80.4 cm³/mol. The molecule has 3 nitrogen and oxygen atoms in total. The van der Waals surface area contributed by atoms with Crippen molar-refractivity contribution in [3.05, 3.63) is 0 Å². The summed E-state index contributed by atoms with van der Waals surface area (Å²) in [5, 5.41) is 3.06. The van der Waals surface area contributed by atoms with Crippen molar-refractivity contribution in [2.24, 2.45) is 11.1 Å². The van der Waals surface area contributed by atoms with Crippen LogP contribution >= 0.6 is 24.0 Å². The summed E-state index contributed by atoms with van der Waals surface area (Å²) in [4.78, 5) is 12.6. The van der Waals surface area contributed by atoms with Crippen LogP contribution in [-0.2, 0) is 4.79 Å². The molecule has 17 heavy (non-hydrogen) atoms. The molecule has 0 aliphatic heterocycles. The molecule has 1 unspecified atom stereocenters. The number of thioether (sulfide) groups is 1. The monoisotopic (exact) mass is 276 g/mol. The third-order valence-corrected chi connectivity index (χ3v) is 4.44. The van der Waals surface area contributed by atoms with Crippen molar-refractivity contribution < 1.29 is 4.79 Å². The first-order valence-corrected chi connectivity index (χ1v) is 7.88. The first-order chi connectivity index (χ1) is 7.98. The minimum atomic E-state index is -0.679. The van der Waals surface area contributed by atoms with E-state index in [4.69, 9.17) is 18.0 Å². The molecular formula is C12H24N2OS2. The topological polar surface area (TPSA) is 55.1 Å². The van der Waals surface area contributed by atoms with Crippen molar-refractivity contribution in [1.82, 2.24) is 5.32 Å². The quantitative estimate of drug-likeness (QED) is 0.668. The van der Waals surface area contributed by atoms with Gasteiger partial charge in [-0.25, -0.2) is 0 Å². The first-order valence-electron chi connectivity index (χ1n) is 6.08. The third kappa shape index (κ3) is 4.14. The van der Waals surface area contributed by atoms with Gasteiger partial charge in [0, 0.05) is 11.8 Å². The number of rotatable bonds is 8. The second kappa shape index (κ2) is 7.93. The predicted octanol–water partition coefficient (Wildman–Crippen LogP) is 2.34. The van der Waals surface area contributed by atoms with Crippen LogP contribution in [0.15, 0.2) is 0 Å². The zero-order valence-electron chi connectivity index (χ0n) is 11.2. The Kier molecular flexibility index (Phi) is 7.79. The summed E-state index contributed by atoms with van der Waals surface area (Å²) in [7, 11) is 0. The first kappa shape index (κ1) is 16.7. The van der Waals surface area contributed by atoms with Crippen molar-refractivity contribution in [2.75, 3.05) is 12.0 Å². The number of carbonyl (C=O) groups is 1. The van der Waals surface area contributed by atoms with Crippen molar-refractivity contribution in [3.8, 4) is 0 Å². The minimum absolute atomic E-state index is 0.0177. The largest absolute Gasteiger partial charge is 0.392 e. The van der Waals surface area contributed by atoms with Crippen molar-refractivity contribution in [2.45, 2.75) is 46.1 Å². The van der Waals surface area contributed by atoms with Gasteiger partial charge in [0.05, 0.1) is 10.4 Å². The molecule has 5 heteroatoms. The summed E-state index contributed by atoms with van der Waals surface area (Å²) >= 11 is 6.80. The van der Waals surface area contributed by atoms with Crippen LogP contribution in [-0.4, -0.2) is 28.9 Å². The van der Waals surface area contributed by atoms with Crippen molar-refractivity contribution >= 4 is 34.9 Å². The molecule has 0 heterocycles. The summed E-state index contributed by atoms with van der Waals surface area (Å²) in [5.41, 5.74) is 5.07. The second-order valence-corrected chi connectivity index (χ2v) is 5.54. The summed E-state index contributed by atoms with van der Waals surface area (Å²) in [5.74, 6) is 0.902. The lowest BCUT2D eigenvalue weighted by Crippen LogP contribution is -2.51. The van der Waals surface area contributed by atoms with E-state index < -0.39 is 5.41 Å². The van der Waals surface area contributed by atoms with Gasteiger partial charge in [-0.2, -0.15) is 11.8 Å². The maximum absolute atomic E-state index is 12.3. The molecule has 0 aromatic rings. The number of nitrogens with one attached hydrogen (secondary N) is 1. The number of carbonyl (C=O) groups excluding carboxylic acids is 1. The smallest absolute Gasteiger partial charge is 0.233 e. The van der Waals surface area contributed by atoms with E-state index in [9.17, 15) is 4.79 Å². The molecule has 3 N–H and O–H groups in total. The van der Waals surface area contributed by atoms with E-state index in [-0.39, 0.29) is 11.9 Å². The molecule has 0 rings (SSSR count). The van der Waals surface area contributed by atoms with Gasteiger partial charge in [-0.3, -0.25) is 4.79 Å². The van der Waals surface area contributed by atoms with Gasteiger partial charge in [-0.15, -0.1) is 0 Å². The molecule has 0 spiro atoms. The van der Waals surface area contributed by atoms with Gasteiger partial charge >= 0.3 is 0 Å². The Morgan fingerprint density at radius 1 is 1.41 bits per heavy atom. The fourth-order valence-electron chi connectivity index (χ4n) is 1.82. The van der Waals surface area contributed by atoms with Gasteiger partial charge in [0.1, 0.15) is 0 Å². The number of amides is 1. The molecule has 0 bridgehead atoms. The van der Waals surface area contributed by atoms with Gasteiger partial charge in [-0.05, 0) is 25.5 Å². The number of nitrogens with two attached hydrogens (primary N) is 1. The molecule has 0 radical (unpaired) electrons. The van der Waals surface area contributed by atoms with Crippen LogP contribution in [0.5, 0.6) is 0 Å². The second-order valence-electron chi connectivity index (χ2n) is 4.19. The molecule has 0 fully saturated rings. The van der Waals surface area contributed by atoms with E-state index in [1.807, 2.05) is 20.1 Å². The summed E-state index contributed by atoms with van der Waals surface area (Å²) in [6.45, 7) is 5.98. The molecule has 0 saturated carbocycles. The Morgan fingerprint density at radius 2 is 1.94 bits per heavy atom. The average molecular weight is 276 g/mol. The van der Waals surface area contributed by atoms with Crippen molar-refractivity contribution in [3.63, 3.8) is 0 Å². The molecule has 1 atom stereocenters. The molecule has 0 aromatic heterocycles. The maximum atomic E-state index is 12.3. The number of hydrogen-bond donors (Lipinski definition) is 2. The van der Waals surface area contributed by atoms with Gasteiger partial charge in [0.2, 0.25) is 5.91 Å². The zero-order chi connectivity index (χ0) is 13.5. The van der Waals surface area contributed by atoms with Crippen LogP contribution in [0.2, 0.25) is 0 Å². The normalized spacial score (nSPS) is 13.2. The van der Waals surface area contributed by atoms with Gasteiger partial charge in [0.15, 0.2) is 0 Å². The lowest BCUT2D eigenvalue weighted by atomic mass is 9.81. The minimum Gasteiger partial charge on any atom is -0.392 e. The Morgan fingerprint density at radius 3 is 2.24 bits per heavy atom. The van der Waals surface area contributed by atoms with Crippen LogP contribution in [0, 0.1) is 5.41 Å². The van der Waals surface area contributed by atoms with Gasteiger partial charge in [-0.1, -0.05) is 33.0 Å². The van der Waals surface area contributed by atoms with E-state index in [1.54, 1.807) is 11.8 Å². The molecule has 0 aliphatic carbocycles. The molecular weight excluding hydrogens is 252 g/mol. The lowest BCUT2D eigenvalue weighted by Gasteiger charge is -2.31. The van der Waals surface area contributed by atoms with Crippen LogP contribution < -0.4 is 11.1 Å². The van der Waals surface area contributed by atoms with E-state index in [0.29, 0.717) is 17.8 Å². The molecule has 100 valence electrons. The van der Waals surface area contributed by atoms with E-state index in [0.717, 1.165) is 12.2 Å². The molecule has 0 saturated heterocycles. The summed E-state index contributed by atoms with van der Waals surface area (Å²) in [6, 6.07) is 0.198. The van der Waals surface area contributed by atoms with Crippen LogP contribution in [0.25, 0.3) is 0 Å².